The molecule has 1 aromatic carbocycles. The lowest BCUT2D eigenvalue weighted by Crippen LogP contribution is -2.41. The van der Waals surface area contributed by atoms with E-state index in [9.17, 15) is 4.79 Å². The van der Waals surface area contributed by atoms with Gasteiger partial charge in [-0.1, -0.05) is 36.3 Å². The number of aryl methyl sites for hydroxylation is 2. The highest BCUT2D eigenvalue weighted by atomic mass is 16.5. The third kappa shape index (κ3) is 5.89. The summed E-state index contributed by atoms with van der Waals surface area (Å²) in [6.07, 6.45) is 5.48. The van der Waals surface area contributed by atoms with Crippen LogP contribution in [0.2, 0.25) is 0 Å². The number of hydrogen-bond donors (Lipinski definition) is 1. The van der Waals surface area contributed by atoms with E-state index in [2.05, 4.69) is 27.3 Å². The van der Waals surface area contributed by atoms with Crippen molar-refractivity contribution in [3.63, 3.8) is 0 Å². The summed E-state index contributed by atoms with van der Waals surface area (Å²) in [5.74, 6) is 1.91. The van der Waals surface area contributed by atoms with Crippen molar-refractivity contribution in [2.24, 2.45) is 5.92 Å². The fourth-order valence-electron chi connectivity index (χ4n) is 3.87. The fourth-order valence-corrected chi connectivity index (χ4v) is 3.87. The number of aromatic nitrogens is 2. The summed E-state index contributed by atoms with van der Waals surface area (Å²) in [6.45, 7) is 8.52. The summed E-state index contributed by atoms with van der Waals surface area (Å²) in [5.41, 5.74) is 2.11. The SMILES string of the molecule is CCCN1CCC[C@@H](CNC(=O)CCCc2nc(-c3ccccc3C)no2)C1. The van der Waals surface area contributed by atoms with Gasteiger partial charge in [0, 0.05) is 31.5 Å². The van der Waals surface area contributed by atoms with E-state index in [1.165, 1.54) is 32.4 Å². The highest BCUT2D eigenvalue weighted by Crippen LogP contribution is 2.20. The molecule has 1 atom stereocenters. The lowest BCUT2D eigenvalue weighted by atomic mass is 9.98. The molecule has 6 nitrogen and oxygen atoms in total. The van der Waals surface area contributed by atoms with Gasteiger partial charge in [-0.05, 0) is 57.2 Å². The van der Waals surface area contributed by atoms with Crippen LogP contribution in [0.25, 0.3) is 11.4 Å². The second-order valence-electron chi connectivity index (χ2n) is 7.79. The van der Waals surface area contributed by atoms with E-state index in [0.29, 0.717) is 36.9 Å². The molecule has 1 aromatic heterocycles. The number of benzene rings is 1. The molecule has 1 saturated heterocycles. The molecule has 0 bridgehead atoms. The molecule has 0 saturated carbocycles. The van der Waals surface area contributed by atoms with Gasteiger partial charge in [-0.15, -0.1) is 0 Å². The number of nitrogens with one attached hydrogen (secondary N) is 1. The first kappa shape index (κ1) is 20.5. The summed E-state index contributed by atoms with van der Waals surface area (Å²) in [4.78, 5) is 19.1. The number of carbonyl (C=O) groups excluding carboxylic acids is 1. The summed E-state index contributed by atoms with van der Waals surface area (Å²) in [5, 5.41) is 7.18. The Morgan fingerprint density at radius 1 is 1.36 bits per heavy atom. The lowest BCUT2D eigenvalue weighted by Gasteiger charge is -2.32. The van der Waals surface area contributed by atoms with Crippen molar-refractivity contribution < 1.29 is 9.32 Å². The van der Waals surface area contributed by atoms with Crippen LogP contribution in [0.3, 0.4) is 0 Å². The normalized spacial score (nSPS) is 17.6. The van der Waals surface area contributed by atoms with E-state index in [1.807, 2.05) is 31.2 Å². The molecular formula is C22H32N4O2. The van der Waals surface area contributed by atoms with Gasteiger partial charge in [0.05, 0.1) is 0 Å². The average Bonchev–Trinajstić information content (AvgIpc) is 3.16. The Morgan fingerprint density at radius 2 is 2.21 bits per heavy atom. The van der Waals surface area contributed by atoms with Gasteiger partial charge in [-0.2, -0.15) is 4.98 Å². The number of likely N-dealkylation sites (tertiary alicyclic amines) is 1. The molecule has 152 valence electrons. The minimum absolute atomic E-state index is 0.117. The molecule has 2 heterocycles. The van der Waals surface area contributed by atoms with Gasteiger partial charge >= 0.3 is 0 Å². The Morgan fingerprint density at radius 3 is 3.04 bits per heavy atom. The monoisotopic (exact) mass is 384 g/mol. The van der Waals surface area contributed by atoms with Crippen molar-refractivity contribution in [2.75, 3.05) is 26.2 Å². The summed E-state index contributed by atoms with van der Waals surface area (Å²) in [7, 11) is 0. The molecule has 6 heteroatoms. The highest BCUT2D eigenvalue weighted by molar-refractivity contribution is 5.75. The minimum Gasteiger partial charge on any atom is -0.356 e. The van der Waals surface area contributed by atoms with Gasteiger partial charge in [0.15, 0.2) is 0 Å². The van der Waals surface area contributed by atoms with Crippen LogP contribution < -0.4 is 5.32 Å². The van der Waals surface area contributed by atoms with Crippen LogP contribution in [0.15, 0.2) is 28.8 Å². The van der Waals surface area contributed by atoms with Crippen LogP contribution in [0.4, 0.5) is 0 Å². The van der Waals surface area contributed by atoms with Crippen molar-refractivity contribution in [3.8, 4) is 11.4 Å². The zero-order chi connectivity index (χ0) is 19.8. The van der Waals surface area contributed by atoms with Crippen molar-refractivity contribution in [2.45, 2.75) is 52.4 Å². The predicted octanol–water partition coefficient (Wildman–Crippen LogP) is 3.61. The van der Waals surface area contributed by atoms with Crippen LogP contribution >= 0.6 is 0 Å². The number of carbonyl (C=O) groups is 1. The van der Waals surface area contributed by atoms with Gasteiger partial charge in [-0.25, -0.2) is 0 Å². The third-order valence-corrected chi connectivity index (χ3v) is 5.38. The Hall–Kier alpha value is -2.21. The Bertz CT molecular complexity index is 756. The zero-order valence-electron chi connectivity index (χ0n) is 17.1. The molecular weight excluding hydrogens is 352 g/mol. The maximum atomic E-state index is 12.2. The molecule has 0 spiro atoms. The molecule has 1 N–H and O–H groups in total. The molecule has 1 aliphatic heterocycles. The number of rotatable bonds is 9. The standard InChI is InChI=1S/C22H32N4O2/c1-3-13-26-14-7-9-18(16-26)15-23-20(27)11-6-12-21-24-22(25-28-21)19-10-5-4-8-17(19)2/h4-5,8,10,18H,3,6-7,9,11-16H2,1-2H3,(H,23,27)/t18-/m0/s1. The summed E-state index contributed by atoms with van der Waals surface area (Å²) >= 11 is 0. The smallest absolute Gasteiger partial charge is 0.226 e. The van der Waals surface area contributed by atoms with Crippen LogP contribution in [-0.4, -0.2) is 47.1 Å². The van der Waals surface area contributed by atoms with Gasteiger partial charge in [0.1, 0.15) is 0 Å². The lowest BCUT2D eigenvalue weighted by molar-refractivity contribution is -0.121. The maximum absolute atomic E-state index is 12.2. The van der Waals surface area contributed by atoms with E-state index < -0.39 is 0 Å². The molecule has 28 heavy (non-hydrogen) atoms. The highest BCUT2D eigenvalue weighted by Gasteiger charge is 2.19. The van der Waals surface area contributed by atoms with Crippen molar-refractivity contribution in [1.82, 2.24) is 20.4 Å². The zero-order valence-corrected chi connectivity index (χ0v) is 17.1. The molecule has 0 unspecified atom stereocenters. The number of nitrogens with zero attached hydrogens (tertiary/aromatic N) is 3. The largest absolute Gasteiger partial charge is 0.356 e. The molecule has 1 amide bonds. The Balaban J connectivity index is 1.37. The maximum Gasteiger partial charge on any atom is 0.226 e. The number of piperidine rings is 1. The second-order valence-corrected chi connectivity index (χ2v) is 7.79. The van der Waals surface area contributed by atoms with E-state index in [0.717, 1.165) is 24.2 Å². The number of hydrogen-bond acceptors (Lipinski definition) is 5. The quantitative estimate of drug-likeness (QED) is 0.715. The van der Waals surface area contributed by atoms with E-state index >= 15 is 0 Å². The summed E-state index contributed by atoms with van der Waals surface area (Å²) < 4.78 is 5.35. The fraction of sp³-hybridized carbons (Fsp3) is 0.591. The van der Waals surface area contributed by atoms with Crippen molar-refractivity contribution in [1.29, 1.82) is 0 Å². The van der Waals surface area contributed by atoms with Crippen LogP contribution in [0.1, 0.15) is 50.5 Å². The van der Waals surface area contributed by atoms with Crippen molar-refractivity contribution in [3.05, 3.63) is 35.7 Å². The molecule has 3 rings (SSSR count). The Kier molecular flexibility index (Phi) is 7.60. The second kappa shape index (κ2) is 10.4. The molecule has 0 radical (unpaired) electrons. The third-order valence-electron chi connectivity index (χ3n) is 5.38. The minimum atomic E-state index is 0.117. The first-order valence-electron chi connectivity index (χ1n) is 10.5. The number of amides is 1. The van der Waals surface area contributed by atoms with Gasteiger partial charge < -0.3 is 14.7 Å². The Labute approximate surface area is 167 Å². The topological polar surface area (TPSA) is 71.3 Å². The molecule has 2 aromatic rings. The first-order chi connectivity index (χ1) is 13.7. The average molecular weight is 385 g/mol. The van der Waals surface area contributed by atoms with Crippen LogP contribution in [-0.2, 0) is 11.2 Å². The molecule has 1 fully saturated rings. The van der Waals surface area contributed by atoms with Gasteiger partial charge in [-0.3, -0.25) is 4.79 Å². The van der Waals surface area contributed by atoms with Gasteiger partial charge in [0.25, 0.3) is 0 Å². The van der Waals surface area contributed by atoms with Gasteiger partial charge in [0.2, 0.25) is 17.6 Å². The van der Waals surface area contributed by atoms with Crippen LogP contribution in [0, 0.1) is 12.8 Å². The predicted molar refractivity (Wildman–Crippen MR) is 110 cm³/mol. The van der Waals surface area contributed by atoms with E-state index in [4.69, 9.17) is 4.52 Å². The molecule has 0 aliphatic carbocycles. The van der Waals surface area contributed by atoms with Crippen LogP contribution in [0.5, 0.6) is 0 Å². The van der Waals surface area contributed by atoms with E-state index in [-0.39, 0.29) is 5.91 Å². The first-order valence-corrected chi connectivity index (χ1v) is 10.5. The van der Waals surface area contributed by atoms with Crippen molar-refractivity contribution >= 4 is 5.91 Å². The van der Waals surface area contributed by atoms with E-state index in [1.54, 1.807) is 0 Å². The molecule has 1 aliphatic rings. The summed E-state index contributed by atoms with van der Waals surface area (Å²) in [6, 6.07) is 7.98.